The van der Waals surface area contributed by atoms with Gasteiger partial charge in [-0.15, -0.1) is 0 Å². The number of ether oxygens (including phenoxy) is 1. The highest BCUT2D eigenvalue weighted by molar-refractivity contribution is 5.89. The maximum atomic E-state index is 13.0. The number of carbonyl (C=O) groups is 2. The van der Waals surface area contributed by atoms with E-state index in [2.05, 4.69) is 5.10 Å². The molecule has 1 aromatic heterocycles. The number of piperidine rings is 1. The SMILES string of the molecule is Cc1cc(=O)c(C(=O)OCC(=O)N2CCCCC2)nn1-c1cccc(C(F)(F)F)c1. The monoisotopic (exact) mass is 423 g/mol. The lowest BCUT2D eigenvalue weighted by Gasteiger charge is -2.26. The van der Waals surface area contributed by atoms with Crippen molar-refractivity contribution in [1.29, 1.82) is 0 Å². The Balaban J connectivity index is 1.82. The van der Waals surface area contributed by atoms with E-state index in [4.69, 9.17) is 4.74 Å². The minimum Gasteiger partial charge on any atom is -0.451 e. The Kier molecular flexibility index (Phi) is 6.23. The third-order valence-corrected chi connectivity index (χ3v) is 4.75. The van der Waals surface area contributed by atoms with Crippen molar-refractivity contribution >= 4 is 11.9 Å². The molecule has 0 atom stereocenters. The van der Waals surface area contributed by atoms with E-state index in [9.17, 15) is 27.6 Å². The van der Waals surface area contributed by atoms with Gasteiger partial charge in [0, 0.05) is 24.8 Å². The van der Waals surface area contributed by atoms with Gasteiger partial charge in [-0.3, -0.25) is 9.59 Å². The van der Waals surface area contributed by atoms with E-state index in [1.165, 1.54) is 19.1 Å². The van der Waals surface area contributed by atoms with Crippen molar-refractivity contribution in [2.45, 2.75) is 32.4 Å². The molecule has 0 saturated carbocycles. The fourth-order valence-corrected chi connectivity index (χ4v) is 3.19. The average Bonchev–Trinajstić information content (AvgIpc) is 2.72. The Morgan fingerprint density at radius 3 is 2.50 bits per heavy atom. The van der Waals surface area contributed by atoms with Crippen molar-refractivity contribution in [3.05, 3.63) is 57.5 Å². The van der Waals surface area contributed by atoms with Gasteiger partial charge in [-0.25, -0.2) is 9.48 Å². The highest BCUT2D eigenvalue weighted by Gasteiger charge is 2.31. The third-order valence-electron chi connectivity index (χ3n) is 4.75. The first-order chi connectivity index (χ1) is 14.2. The lowest BCUT2D eigenvalue weighted by Crippen LogP contribution is -2.38. The number of aryl methyl sites for hydroxylation is 1. The third kappa shape index (κ3) is 4.87. The highest BCUT2D eigenvalue weighted by atomic mass is 19.4. The van der Waals surface area contributed by atoms with Gasteiger partial charge in [-0.05, 0) is 44.4 Å². The molecule has 0 spiro atoms. The number of aromatic nitrogens is 2. The van der Waals surface area contributed by atoms with E-state index in [1.807, 2.05) is 0 Å². The first-order valence-electron chi connectivity index (χ1n) is 9.40. The van der Waals surface area contributed by atoms with Crippen LogP contribution < -0.4 is 5.43 Å². The van der Waals surface area contributed by atoms with Gasteiger partial charge in [-0.2, -0.15) is 18.3 Å². The number of halogens is 3. The van der Waals surface area contributed by atoms with Crippen LogP contribution >= 0.6 is 0 Å². The smallest absolute Gasteiger partial charge is 0.416 e. The maximum Gasteiger partial charge on any atom is 0.416 e. The molecule has 0 bridgehead atoms. The number of rotatable bonds is 4. The van der Waals surface area contributed by atoms with Crippen LogP contribution in [0.1, 0.15) is 41.0 Å². The van der Waals surface area contributed by atoms with Crippen LogP contribution in [0.25, 0.3) is 5.69 Å². The molecule has 1 aliphatic rings. The first-order valence-corrected chi connectivity index (χ1v) is 9.40. The molecule has 2 heterocycles. The zero-order chi connectivity index (χ0) is 21.9. The molecular formula is C20H20F3N3O4. The van der Waals surface area contributed by atoms with Crippen molar-refractivity contribution in [3.8, 4) is 5.69 Å². The normalized spacial score (nSPS) is 14.5. The summed E-state index contributed by atoms with van der Waals surface area (Å²) in [6.07, 6.45) is -1.77. The van der Waals surface area contributed by atoms with E-state index < -0.39 is 35.4 Å². The van der Waals surface area contributed by atoms with Crippen LogP contribution in [0, 0.1) is 6.92 Å². The van der Waals surface area contributed by atoms with Gasteiger partial charge in [0.25, 0.3) is 5.91 Å². The van der Waals surface area contributed by atoms with Crippen LogP contribution in [0.3, 0.4) is 0 Å². The van der Waals surface area contributed by atoms with Crippen molar-refractivity contribution in [2.75, 3.05) is 19.7 Å². The molecular weight excluding hydrogens is 403 g/mol. The summed E-state index contributed by atoms with van der Waals surface area (Å²) in [7, 11) is 0. The molecule has 0 unspecified atom stereocenters. The molecule has 1 aliphatic heterocycles. The second-order valence-corrected chi connectivity index (χ2v) is 6.98. The molecule has 1 amide bonds. The quantitative estimate of drug-likeness (QED) is 0.707. The molecule has 30 heavy (non-hydrogen) atoms. The molecule has 0 N–H and O–H groups in total. The summed E-state index contributed by atoms with van der Waals surface area (Å²) >= 11 is 0. The summed E-state index contributed by atoms with van der Waals surface area (Å²) in [5.41, 5.74) is -1.98. The van der Waals surface area contributed by atoms with Gasteiger partial charge < -0.3 is 9.64 Å². The van der Waals surface area contributed by atoms with Gasteiger partial charge in [0.2, 0.25) is 11.1 Å². The average molecular weight is 423 g/mol. The minimum absolute atomic E-state index is 0.0285. The maximum absolute atomic E-state index is 13.0. The Morgan fingerprint density at radius 1 is 1.13 bits per heavy atom. The van der Waals surface area contributed by atoms with E-state index in [-0.39, 0.29) is 17.3 Å². The standard InChI is InChI=1S/C20H20F3N3O4/c1-13-10-16(27)18(19(29)30-12-17(28)25-8-3-2-4-9-25)24-26(13)15-7-5-6-14(11-15)20(21,22)23/h5-7,10-11H,2-4,8-9,12H2,1H3. The van der Waals surface area contributed by atoms with Crippen LogP contribution in [0.5, 0.6) is 0 Å². The summed E-state index contributed by atoms with van der Waals surface area (Å²) in [4.78, 5) is 38.2. The molecule has 7 nitrogen and oxygen atoms in total. The van der Waals surface area contributed by atoms with Crippen LogP contribution in [0.15, 0.2) is 35.1 Å². The first kappa shape index (κ1) is 21.5. The highest BCUT2D eigenvalue weighted by Crippen LogP contribution is 2.30. The number of esters is 1. The van der Waals surface area contributed by atoms with Crippen LogP contribution in [-0.4, -0.2) is 46.3 Å². The summed E-state index contributed by atoms with van der Waals surface area (Å²) in [6.45, 7) is 2.12. The van der Waals surface area contributed by atoms with E-state index >= 15 is 0 Å². The topological polar surface area (TPSA) is 81.5 Å². The van der Waals surface area contributed by atoms with Crippen molar-refractivity contribution in [1.82, 2.24) is 14.7 Å². The number of likely N-dealkylation sites (tertiary alicyclic amines) is 1. The lowest BCUT2D eigenvalue weighted by molar-refractivity contribution is -0.137. The second kappa shape index (κ2) is 8.68. The van der Waals surface area contributed by atoms with Gasteiger partial charge in [0.1, 0.15) is 0 Å². The fourth-order valence-electron chi connectivity index (χ4n) is 3.19. The number of nitrogens with zero attached hydrogens (tertiary/aromatic N) is 3. The van der Waals surface area contributed by atoms with Crippen molar-refractivity contribution in [3.63, 3.8) is 0 Å². The van der Waals surface area contributed by atoms with Crippen LogP contribution in [0.2, 0.25) is 0 Å². The van der Waals surface area contributed by atoms with Gasteiger partial charge in [0.05, 0.1) is 11.3 Å². The molecule has 2 aromatic rings. The van der Waals surface area contributed by atoms with Crippen molar-refractivity contribution in [2.24, 2.45) is 0 Å². The second-order valence-electron chi connectivity index (χ2n) is 6.98. The van der Waals surface area contributed by atoms with Crippen LogP contribution in [0.4, 0.5) is 13.2 Å². The van der Waals surface area contributed by atoms with E-state index in [0.29, 0.717) is 13.1 Å². The number of benzene rings is 1. The Hall–Kier alpha value is -3.17. The molecule has 0 aliphatic carbocycles. The zero-order valence-electron chi connectivity index (χ0n) is 16.2. The molecule has 1 aromatic carbocycles. The Labute approximate surface area is 170 Å². The Bertz CT molecular complexity index is 1010. The molecule has 3 rings (SSSR count). The predicted octanol–water partition coefficient (Wildman–Crippen LogP) is 2.73. The minimum atomic E-state index is -4.56. The molecule has 1 saturated heterocycles. The molecule has 10 heteroatoms. The number of carbonyl (C=O) groups excluding carboxylic acids is 2. The number of amides is 1. The number of alkyl halides is 3. The van der Waals surface area contributed by atoms with Crippen molar-refractivity contribution < 1.29 is 27.5 Å². The van der Waals surface area contributed by atoms with Crippen LogP contribution in [-0.2, 0) is 15.7 Å². The predicted molar refractivity (Wildman–Crippen MR) is 100 cm³/mol. The molecule has 1 fully saturated rings. The number of hydrogen-bond acceptors (Lipinski definition) is 5. The summed E-state index contributed by atoms with van der Waals surface area (Å²) in [6, 6.07) is 5.42. The molecule has 0 radical (unpaired) electrons. The largest absolute Gasteiger partial charge is 0.451 e. The fraction of sp³-hybridized carbons (Fsp3) is 0.400. The summed E-state index contributed by atoms with van der Waals surface area (Å²) < 4.78 is 45.0. The number of hydrogen-bond donors (Lipinski definition) is 0. The van der Waals surface area contributed by atoms with Gasteiger partial charge in [-0.1, -0.05) is 6.07 Å². The van der Waals surface area contributed by atoms with E-state index in [0.717, 1.165) is 42.1 Å². The van der Waals surface area contributed by atoms with Gasteiger partial charge >= 0.3 is 12.1 Å². The summed E-state index contributed by atoms with van der Waals surface area (Å²) in [5.74, 6) is -1.47. The zero-order valence-corrected chi connectivity index (χ0v) is 16.2. The lowest BCUT2D eigenvalue weighted by atomic mass is 10.1. The Morgan fingerprint density at radius 2 is 1.83 bits per heavy atom. The summed E-state index contributed by atoms with van der Waals surface area (Å²) in [5, 5.41) is 3.89. The van der Waals surface area contributed by atoms with E-state index in [1.54, 1.807) is 4.90 Å². The molecule has 160 valence electrons. The van der Waals surface area contributed by atoms with Gasteiger partial charge in [0.15, 0.2) is 6.61 Å².